The average molecular weight is 484 g/mol. The number of rotatable bonds is 6. The van der Waals surface area contributed by atoms with Crippen LogP contribution in [0.1, 0.15) is 60.6 Å². The van der Waals surface area contributed by atoms with Crippen molar-refractivity contribution in [2.45, 2.75) is 51.0 Å². The number of carbonyl (C=O) groups is 2. The van der Waals surface area contributed by atoms with Crippen molar-refractivity contribution < 1.29 is 14.0 Å². The van der Waals surface area contributed by atoms with Gasteiger partial charge in [0.2, 0.25) is 11.8 Å². The number of halogens is 1. The Labute approximate surface area is 205 Å². The summed E-state index contributed by atoms with van der Waals surface area (Å²) in [4.78, 5) is 33.2. The molecule has 2 aromatic rings. The van der Waals surface area contributed by atoms with E-state index in [-0.39, 0.29) is 23.7 Å². The van der Waals surface area contributed by atoms with Gasteiger partial charge in [-0.05, 0) is 53.5 Å². The topological polar surface area (TPSA) is 43.9 Å². The summed E-state index contributed by atoms with van der Waals surface area (Å²) in [7, 11) is 0. The average Bonchev–Trinajstić information content (AvgIpc) is 3.54. The van der Waals surface area contributed by atoms with E-state index in [9.17, 15) is 14.0 Å². The molecule has 3 aliphatic rings. The van der Waals surface area contributed by atoms with E-state index in [4.69, 9.17) is 0 Å². The smallest absolute Gasteiger partial charge is 0.236 e. The molecular formula is C27H34FN3O2S. The fourth-order valence-electron chi connectivity index (χ4n) is 5.87. The van der Waals surface area contributed by atoms with Gasteiger partial charge in [0.1, 0.15) is 5.82 Å². The van der Waals surface area contributed by atoms with E-state index in [1.165, 1.54) is 42.2 Å². The van der Waals surface area contributed by atoms with E-state index in [2.05, 4.69) is 16.3 Å². The number of benzene rings is 1. The first kappa shape index (κ1) is 23.5. The standard InChI is InChI=1S/C27H34FN3O2S/c28-22-7-3-6-21(18-22)27-23-11-17-34-24(23)10-12-31(27)19-26(33)30-15-13-29(14-16-30)25(32)9-8-20-4-1-2-5-20/h3,6-7,11,17-18,20,27H,1-2,4-5,8-10,12-16,19H2/t27-/m1/s1. The van der Waals surface area contributed by atoms with Crippen LogP contribution in [0.5, 0.6) is 0 Å². The van der Waals surface area contributed by atoms with Crippen molar-refractivity contribution in [3.8, 4) is 0 Å². The van der Waals surface area contributed by atoms with Crippen LogP contribution in [-0.4, -0.2) is 65.8 Å². The van der Waals surface area contributed by atoms with Gasteiger partial charge < -0.3 is 9.80 Å². The monoisotopic (exact) mass is 483 g/mol. The lowest BCUT2D eigenvalue weighted by Crippen LogP contribution is -2.53. The van der Waals surface area contributed by atoms with Crippen LogP contribution >= 0.6 is 11.3 Å². The number of hydrogen-bond acceptors (Lipinski definition) is 4. The van der Waals surface area contributed by atoms with Crippen molar-refractivity contribution in [1.29, 1.82) is 0 Å². The third-order valence-electron chi connectivity index (χ3n) is 7.79. The van der Waals surface area contributed by atoms with Crippen LogP contribution < -0.4 is 0 Å². The molecule has 0 bridgehead atoms. The fourth-order valence-corrected chi connectivity index (χ4v) is 6.77. The summed E-state index contributed by atoms with van der Waals surface area (Å²) >= 11 is 1.74. The van der Waals surface area contributed by atoms with Gasteiger partial charge >= 0.3 is 0 Å². The first-order valence-corrected chi connectivity index (χ1v) is 13.6. The van der Waals surface area contributed by atoms with Gasteiger partial charge in [-0.15, -0.1) is 11.3 Å². The largest absolute Gasteiger partial charge is 0.339 e. The number of thiophene rings is 1. The molecule has 1 atom stereocenters. The minimum atomic E-state index is -0.250. The van der Waals surface area contributed by atoms with Crippen molar-refractivity contribution in [2.24, 2.45) is 5.92 Å². The van der Waals surface area contributed by atoms with Gasteiger partial charge in [-0.3, -0.25) is 14.5 Å². The number of amides is 2. The maximum Gasteiger partial charge on any atom is 0.236 e. The highest BCUT2D eigenvalue weighted by atomic mass is 32.1. The maximum atomic E-state index is 14.0. The van der Waals surface area contributed by atoms with Crippen LogP contribution in [0.4, 0.5) is 4.39 Å². The predicted octanol–water partition coefficient (Wildman–Crippen LogP) is 4.48. The Morgan fingerprint density at radius 2 is 1.71 bits per heavy atom. The van der Waals surface area contributed by atoms with Gasteiger partial charge in [-0.2, -0.15) is 0 Å². The van der Waals surface area contributed by atoms with Gasteiger partial charge in [0.05, 0.1) is 12.6 Å². The van der Waals surface area contributed by atoms with Crippen molar-refractivity contribution in [3.05, 3.63) is 57.5 Å². The molecule has 0 unspecified atom stereocenters. The molecule has 5 nitrogen and oxygen atoms in total. The number of carbonyl (C=O) groups excluding carboxylic acids is 2. The van der Waals surface area contributed by atoms with Gasteiger partial charge in [0, 0.05) is 44.0 Å². The second-order valence-corrected chi connectivity index (χ2v) is 10.9. The first-order chi connectivity index (χ1) is 16.6. The highest BCUT2D eigenvalue weighted by Gasteiger charge is 2.33. The molecule has 1 aliphatic carbocycles. The Balaban J connectivity index is 1.18. The van der Waals surface area contributed by atoms with Crippen LogP contribution in [0.3, 0.4) is 0 Å². The molecule has 0 radical (unpaired) electrons. The van der Waals surface area contributed by atoms with E-state index >= 15 is 0 Å². The quantitative estimate of drug-likeness (QED) is 0.609. The summed E-state index contributed by atoms with van der Waals surface area (Å²) in [6.45, 7) is 3.52. The molecule has 34 heavy (non-hydrogen) atoms. The number of piperazine rings is 1. The molecule has 0 spiro atoms. The second-order valence-electron chi connectivity index (χ2n) is 9.93. The van der Waals surface area contributed by atoms with Gasteiger partial charge in [0.25, 0.3) is 0 Å². The molecule has 5 rings (SSSR count). The SMILES string of the molecule is O=C(CCC1CCCC1)N1CCN(C(=O)CN2CCc3sccc3[C@H]2c2cccc(F)c2)CC1. The van der Waals surface area contributed by atoms with E-state index in [1.54, 1.807) is 23.5 Å². The maximum absolute atomic E-state index is 14.0. The fraction of sp³-hybridized carbons (Fsp3) is 0.556. The van der Waals surface area contributed by atoms with Crippen LogP contribution in [0.15, 0.2) is 35.7 Å². The number of fused-ring (bicyclic) bond motifs is 1. The molecule has 3 heterocycles. The van der Waals surface area contributed by atoms with Gasteiger partial charge in [0.15, 0.2) is 0 Å². The molecule has 1 aromatic carbocycles. The molecule has 1 saturated carbocycles. The molecule has 182 valence electrons. The van der Waals surface area contributed by atoms with Crippen LogP contribution in [0.25, 0.3) is 0 Å². The van der Waals surface area contributed by atoms with Crippen LogP contribution in [0.2, 0.25) is 0 Å². The highest BCUT2D eigenvalue weighted by molar-refractivity contribution is 7.10. The molecular weight excluding hydrogens is 449 g/mol. The molecule has 2 amide bonds. The van der Waals surface area contributed by atoms with Gasteiger partial charge in [-0.25, -0.2) is 4.39 Å². The highest BCUT2D eigenvalue weighted by Crippen LogP contribution is 2.38. The van der Waals surface area contributed by atoms with E-state index in [0.717, 1.165) is 30.9 Å². The Bertz CT molecular complexity index is 1010. The summed E-state index contributed by atoms with van der Waals surface area (Å²) in [6, 6.07) is 8.76. The summed E-state index contributed by atoms with van der Waals surface area (Å²) < 4.78 is 14.0. The van der Waals surface area contributed by atoms with E-state index in [1.807, 2.05) is 15.9 Å². The van der Waals surface area contributed by atoms with E-state index in [0.29, 0.717) is 39.1 Å². The zero-order chi connectivity index (χ0) is 23.5. The lowest BCUT2D eigenvalue weighted by atomic mass is 9.93. The minimum absolute atomic E-state index is 0.0955. The number of hydrogen-bond donors (Lipinski definition) is 0. The Hall–Kier alpha value is -2.25. The summed E-state index contributed by atoms with van der Waals surface area (Å²) in [5, 5.41) is 2.09. The normalized spacial score (nSPS) is 21.6. The zero-order valence-corrected chi connectivity index (χ0v) is 20.6. The third-order valence-corrected chi connectivity index (χ3v) is 8.79. The summed E-state index contributed by atoms with van der Waals surface area (Å²) in [5.41, 5.74) is 2.08. The Morgan fingerprint density at radius 1 is 0.971 bits per heavy atom. The summed E-state index contributed by atoms with van der Waals surface area (Å²) in [5.74, 6) is 0.815. The lowest BCUT2D eigenvalue weighted by Gasteiger charge is -2.39. The molecule has 1 aromatic heterocycles. The minimum Gasteiger partial charge on any atom is -0.339 e. The van der Waals surface area contributed by atoms with Crippen molar-refractivity contribution in [3.63, 3.8) is 0 Å². The third kappa shape index (κ3) is 5.20. The molecule has 7 heteroatoms. The van der Waals surface area contributed by atoms with Crippen molar-refractivity contribution >= 4 is 23.2 Å². The van der Waals surface area contributed by atoms with Crippen molar-refractivity contribution in [1.82, 2.24) is 14.7 Å². The number of nitrogens with zero attached hydrogens (tertiary/aromatic N) is 3. The molecule has 1 saturated heterocycles. The predicted molar refractivity (Wildman–Crippen MR) is 132 cm³/mol. The Kier molecular flexibility index (Phi) is 7.30. The van der Waals surface area contributed by atoms with Gasteiger partial charge in [-0.1, -0.05) is 37.8 Å². The first-order valence-electron chi connectivity index (χ1n) is 12.7. The Morgan fingerprint density at radius 3 is 2.44 bits per heavy atom. The van der Waals surface area contributed by atoms with Crippen molar-refractivity contribution in [2.75, 3.05) is 39.3 Å². The van der Waals surface area contributed by atoms with Crippen LogP contribution in [-0.2, 0) is 16.0 Å². The zero-order valence-electron chi connectivity index (χ0n) is 19.8. The molecule has 2 aliphatic heterocycles. The summed E-state index contributed by atoms with van der Waals surface area (Å²) in [6.07, 6.45) is 7.74. The molecule has 2 fully saturated rings. The van der Waals surface area contributed by atoms with Crippen LogP contribution in [0, 0.1) is 11.7 Å². The molecule has 0 N–H and O–H groups in total. The van der Waals surface area contributed by atoms with E-state index < -0.39 is 0 Å². The second kappa shape index (κ2) is 10.6. The lowest BCUT2D eigenvalue weighted by molar-refractivity contribution is -0.140.